The Morgan fingerprint density at radius 1 is 1.06 bits per heavy atom. The van der Waals surface area contributed by atoms with E-state index in [1.807, 2.05) is 24.3 Å². The lowest BCUT2D eigenvalue weighted by atomic mass is 9.98. The molecule has 2 unspecified atom stereocenters. The van der Waals surface area contributed by atoms with Crippen LogP contribution in [0.5, 0.6) is 11.5 Å². The Hall–Kier alpha value is -3.95. The lowest BCUT2D eigenvalue weighted by Crippen LogP contribution is -2.52. The molecule has 34 heavy (non-hydrogen) atoms. The Morgan fingerprint density at radius 2 is 1.82 bits per heavy atom. The fourth-order valence-electron chi connectivity index (χ4n) is 4.10. The highest BCUT2D eigenvalue weighted by Crippen LogP contribution is 2.33. The molecule has 0 saturated carbocycles. The summed E-state index contributed by atoms with van der Waals surface area (Å²) in [5.41, 5.74) is 2.78. The molecule has 174 valence electrons. The van der Waals surface area contributed by atoms with E-state index in [-0.39, 0.29) is 31.8 Å². The summed E-state index contributed by atoms with van der Waals surface area (Å²) >= 11 is 0. The molecule has 9 heteroatoms. The highest BCUT2D eigenvalue weighted by Gasteiger charge is 2.37. The van der Waals surface area contributed by atoms with Crippen molar-refractivity contribution >= 4 is 17.5 Å². The zero-order valence-corrected chi connectivity index (χ0v) is 18.2. The Balaban J connectivity index is 1.29. The summed E-state index contributed by atoms with van der Waals surface area (Å²) in [5, 5.41) is 13.0. The first-order chi connectivity index (χ1) is 16.6. The van der Waals surface area contributed by atoms with Gasteiger partial charge in [-0.1, -0.05) is 12.1 Å². The number of aliphatic hydroxyl groups excluding tert-OH is 1. The summed E-state index contributed by atoms with van der Waals surface area (Å²) in [5.74, 6) is 0.698. The number of rotatable bonds is 6. The van der Waals surface area contributed by atoms with Gasteiger partial charge in [0.15, 0.2) is 11.5 Å². The highest BCUT2D eigenvalue weighted by atomic mass is 16.7. The maximum absolute atomic E-state index is 12.6. The number of amides is 2. The molecule has 1 aromatic heterocycles. The molecule has 3 aromatic rings. The Bertz CT molecular complexity index is 1190. The molecule has 2 atom stereocenters. The first-order valence-corrected chi connectivity index (χ1v) is 10.8. The van der Waals surface area contributed by atoms with Gasteiger partial charge in [0.25, 0.3) is 5.91 Å². The lowest BCUT2D eigenvalue weighted by molar-refractivity contribution is -0.162. The summed E-state index contributed by atoms with van der Waals surface area (Å²) in [4.78, 5) is 30.8. The van der Waals surface area contributed by atoms with E-state index >= 15 is 0 Å². The topological polar surface area (TPSA) is 110 Å². The molecule has 2 aliphatic heterocycles. The van der Waals surface area contributed by atoms with Gasteiger partial charge in [-0.2, -0.15) is 0 Å². The van der Waals surface area contributed by atoms with Gasteiger partial charge < -0.3 is 29.5 Å². The van der Waals surface area contributed by atoms with Crippen molar-refractivity contribution in [3.63, 3.8) is 0 Å². The van der Waals surface area contributed by atoms with E-state index in [0.717, 1.165) is 11.1 Å². The standard InChI is InChI=1S/C25H23N3O6/c29-13-20-24(32-14-23(30)28(20)12-16-7-9-26-10-8-16)17-1-4-19(5-2-17)27-25(31)18-3-6-21-22(11-18)34-15-33-21/h1-11,20,24,29H,12-15H2,(H,27,31). The third-order valence-corrected chi connectivity index (χ3v) is 5.88. The number of carbonyl (C=O) groups excluding carboxylic acids is 2. The van der Waals surface area contributed by atoms with Crippen molar-refractivity contribution < 1.29 is 28.9 Å². The molecule has 1 fully saturated rings. The van der Waals surface area contributed by atoms with E-state index in [0.29, 0.717) is 29.3 Å². The average molecular weight is 461 g/mol. The van der Waals surface area contributed by atoms with Gasteiger partial charge in [-0.25, -0.2) is 0 Å². The Kier molecular flexibility index (Phi) is 6.11. The van der Waals surface area contributed by atoms with Crippen molar-refractivity contribution in [2.24, 2.45) is 0 Å². The highest BCUT2D eigenvalue weighted by molar-refractivity contribution is 6.04. The second kappa shape index (κ2) is 9.50. The van der Waals surface area contributed by atoms with Gasteiger partial charge in [-0.3, -0.25) is 14.6 Å². The molecule has 3 heterocycles. The molecule has 5 rings (SSSR count). The third-order valence-electron chi connectivity index (χ3n) is 5.88. The minimum Gasteiger partial charge on any atom is -0.454 e. The number of anilines is 1. The van der Waals surface area contributed by atoms with E-state index in [9.17, 15) is 14.7 Å². The van der Waals surface area contributed by atoms with E-state index in [4.69, 9.17) is 14.2 Å². The number of hydrogen-bond acceptors (Lipinski definition) is 7. The molecule has 2 N–H and O–H groups in total. The zero-order valence-electron chi connectivity index (χ0n) is 18.2. The van der Waals surface area contributed by atoms with Crippen molar-refractivity contribution in [1.29, 1.82) is 0 Å². The smallest absolute Gasteiger partial charge is 0.255 e. The van der Waals surface area contributed by atoms with Crippen LogP contribution in [0.25, 0.3) is 0 Å². The van der Waals surface area contributed by atoms with Gasteiger partial charge in [0.2, 0.25) is 12.7 Å². The molecule has 2 aromatic carbocycles. The normalized spacial score (nSPS) is 19.2. The molecule has 9 nitrogen and oxygen atoms in total. The van der Waals surface area contributed by atoms with Crippen LogP contribution in [0.15, 0.2) is 67.0 Å². The third kappa shape index (κ3) is 4.43. The monoisotopic (exact) mass is 461 g/mol. The van der Waals surface area contributed by atoms with E-state index in [1.165, 1.54) is 0 Å². The molecule has 2 aliphatic rings. The summed E-state index contributed by atoms with van der Waals surface area (Å²) in [7, 11) is 0. The molecular weight excluding hydrogens is 438 g/mol. The van der Waals surface area contributed by atoms with Crippen molar-refractivity contribution in [3.8, 4) is 11.5 Å². The minimum atomic E-state index is -0.538. The van der Waals surface area contributed by atoms with Crippen LogP contribution in [-0.2, 0) is 16.1 Å². The van der Waals surface area contributed by atoms with Crippen LogP contribution in [0.2, 0.25) is 0 Å². The number of morpholine rings is 1. The molecule has 0 aliphatic carbocycles. The van der Waals surface area contributed by atoms with Crippen LogP contribution in [-0.4, -0.2) is 52.9 Å². The summed E-state index contributed by atoms with van der Waals surface area (Å²) in [6, 6.07) is 15.3. The molecule has 0 radical (unpaired) electrons. The number of aromatic nitrogens is 1. The van der Waals surface area contributed by atoms with Crippen LogP contribution in [0, 0.1) is 0 Å². The van der Waals surface area contributed by atoms with E-state index in [1.54, 1.807) is 47.6 Å². The van der Waals surface area contributed by atoms with Crippen molar-refractivity contribution in [2.45, 2.75) is 18.7 Å². The number of pyridine rings is 1. The van der Waals surface area contributed by atoms with Gasteiger partial charge >= 0.3 is 0 Å². The number of nitrogens with one attached hydrogen (secondary N) is 1. The number of aliphatic hydroxyl groups is 1. The van der Waals surface area contributed by atoms with Gasteiger partial charge in [0, 0.05) is 30.2 Å². The van der Waals surface area contributed by atoms with Gasteiger partial charge in [0.05, 0.1) is 12.6 Å². The fourth-order valence-corrected chi connectivity index (χ4v) is 4.10. The molecule has 2 amide bonds. The van der Waals surface area contributed by atoms with Crippen molar-refractivity contribution in [2.75, 3.05) is 25.3 Å². The van der Waals surface area contributed by atoms with E-state index in [2.05, 4.69) is 10.3 Å². The molecule has 0 spiro atoms. The Labute approximate surface area is 195 Å². The number of ether oxygens (including phenoxy) is 3. The van der Waals surface area contributed by atoms with Crippen LogP contribution in [0.1, 0.15) is 27.6 Å². The van der Waals surface area contributed by atoms with Crippen molar-refractivity contribution in [1.82, 2.24) is 9.88 Å². The Morgan fingerprint density at radius 3 is 2.59 bits per heavy atom. The second-order valence-corrected chi connectivity index (χ2v) is 8.00. The SMILES string of the molecule is O=C(Nc1ccc(C2OCC(=O)N(Cc3ccncc3)C2CO)cc1)c1ccc2c(c1)OCO2. The number of nitrogens with zero attached hydrogens (tertiary/aromatic N) is 2. The molecule has 1 saturated heterocycles. The summed E-state index contributed by atoms with van der Waals surface area (Å²) in [6.07, 6.45) is 2.84. The first-order valence-electron chi connectivity index (χ1n) is 10.8. The van der Waals surface area contributed by atoms with Crippen LogP contribution >= 0.6 is 0 Å². The van der Waals surface area contributed by atoms with Gasteiger partial charge in [-0.15, -0.1) is 0 Å². The summed E-state index contributed by atoms with van der Waals surface area (Å²) < 4.78 is 16.4. The lowest BCUT2D eigenvalue weighted by Gasteiger charge is -2.40. The zero-order chi connectivity index (χ0) is 23.5. The number of carbonyl (C=O) groups is 2. The molecule has 0 bridgehead atoms. The minimum absolute atomic E-state index is 0.0746. The predicted molar refractivity (Wildman–Crippen MR) is 121 cm³/mol. The second-order valence-electron chi connectivity index (χ2n) is 8.00. The first kappa shape index (κ1) is 21.9. The van der Waals surface area contributed by atoms with E-state index < -0.39 is 12.1 Å². The summed E-state index contributed by atoms with van der Waals surface area (Å²) in [6.45, 7) is 0.181. The number of benzene rings is 2. The van der Waals surface area contributed by atoms with Gasteiger partial charge in [0.1, 0.15) is 12.7 Å². The quantitative estimate of drug-likeness (QED) is 0.580. The number of hydrogen-bond donors (Lipinski definition) is 2. The maximum atomic E-state index is 12.6. The van der Waals surface area contributed by atoms with Crippen LogP contribution in [0.3, 0.4) is 0 Å². The average Bonchev–Trinajstić information content (AvgIpc) is 3.34. The number of fused-ring (bicyclic) bond motifs is 1. The van der Waals surface area contributed by atoms with Crippen LogP contribution in [0.4, 0.5) is 5.69 Å². The predicted octanol–water partition coefficient (Wildman–Crippen LogP) is 2.52. The molecular formula is C25H23N3O6. The fraction of sp³-hybridized carbons (Fsp3) is 0.240. The van der Waals surface area contributed by atoms with Gasteiger partial charge in [-0.05, 0) is 53.6 Å². The van der Waals surface area contributed by atoms with Crippen molar-refractivity contribution in [3.05, 3.63) is 83.7 Å². The maximum Gasteiger partial charge on any atom is 0.255 e. The van der Waals surface area contributed by atoms with Crippen LogP contribution < -0.4 is 14.8 Å². The largest absolute Gasteiger partial charge is 0.454 e.